The van der Waals surface area contributed by atoms with Crippen molar-refractivity contribution in [2.24, 2.45) is 5.92 Å². The summed E-state index contributed by atoms with van der Waals surface area (Å²) < 4.78 is 5.04. The molecule has 0 spiro atoms. The van der Waals surface area contributed by atoms with Crippen LogP contribution in [0.3, 0.4) is 0 Å². The lowest BCUT2D eigenvalue weighted by Crippen LogP contribution is -2.49. The van der Waals surface area contributed by atoms with Crippen molar-refractivity contribution in [2.45, 2.75) is 49.1 Å². The van der Waals surface area contributed by atoms with E-state index in [9.17, 15) is 9.59 Å². The van der Waals surface area contributed by atoms with Gasteiger partial charge in [0.15, 0.2) is 0 Å². The first-order chi connectivity index (χ1) is 12.7. The van der Waals surface area contributed by atoms with Crippen LogP contribution in [0.5, 0.6) is 0 Å². The molecule has 0 radical (unpaired) electrons. The molecule has 26 heavy (non-hydrogen) atoms. The molecule has 6 heteroatoms. The van der Waals surface area contributed by atoms with E-state index in [1.54, 1.807) is 11.8 Å². The Morgan fingerprint density at radius 1 is 1.23 bits per heavy atom. The first-order valence-electron chi connectivity index (χ1n) is 9.55. The fraction of sp³-hybridized carbons (Fsp3) is 0.600. The van der Waals surface area contributed by atoms with E-state index in [0.717, 1.165) is 42.1 Å². The highest BCUT2D eigenvalue weighted by Crippen LogP contribution is 2.40. The van der Waals surface area contributed by atoms with Gasteiger partial charge in [-0.3, -0.25) is 14.5 Å². The largest absolute Gasteiger partial charge is 0.468 e. The minimum Gasteiger partial charge on any atom is -0.468 e. The van der Waals surface area contributed by atoms with Crippen LogP contribution in [0.2, 0.25) is 0 Å². The number of nitrogens with zero attached hydrogens (tertiary/aromatic N) is 2. The van der Waals surface area contributed by atoms with Gasteiger partial charge in [-0.25, -0.2) is 0 Å². The lowest BCUT2D eigenvalue weighted by Gasteiger charge is -2.35. The number of benzene rings is 1. The average molecular weight is 375 g/mol. The molecule has 1 aliphatic carbocycles. The quantitative estimate of drug-likeness (QED) is 0.762. The Hall–Kier alpha value is -1.53. The van der Waals surface area contributed by atoms with Gasteiger partial charge < -0.3 is 9.64 Å². The van der Waals surface area contributed by atoms with Crippen LogP contribution >= 0.6 is 11.8 Å². The molecule has 0 aromatic heterocycles. The number of hydrogen-bond donors (Lipinski definition) is 0. The summed E-state index contributed by atoms with van der Waals surface area (Å²) in [6.45, 7) is 1.03. The number of amides is 1. The third-order valence-corrected chi connectivity index (χ3v) is 7.08. The van der Waals surface area contributed by atoms with E-state index in [0.29, 0.717) is 18.5 Å². The number of carbonyl (C=O) groups excluding carboxylic acids is 2. The van der Waals surface area contributed by atoms with Crippen molar-refractivity contribution in [3.8, 4) is 0 Å². The maximum absolute atomic E-state index is 13.2. The maximum atomic E-state index is 13.2. The predicted molar refractivity (Wildman–Crippen MR) is 102 cm³/mol. The van der Waals surface area contributed by atoms with E-state index in [1.807, 2.05) is 23.1 Å². The molecule has 3 aliphatic rings. The summed E-state index contributed by atoms with van der Waals surface area (Å²) in [7, 11) is 1.45. The lowest BCUT2D eigenvalue weighted by atomic mass is 9.85. The molecule has 2 aliphatic heterocycles. The Bertz CT molecular complexity index is 695. The molecule has 3 unspecified atom stereocenters. The Kier molecular flexibility index (Phi) is 5.23. The summed E-state index contributed by atoms with van der Waals surface area (Å²) in [4.78, 5) is 30.7. The van der Waals surface area contributed by atoms with Crippen LogP contribution in [0.25, 0.3) is 0 Å². The van der Waals surface area contributed by atoms with Gasteiger partial charge in [-0.05, 0) is 37.3 Å². The minimum absolute atomic E-state index is 0.0953. The van der Waals surface area contributed by atoms with E-state index >= 15 is 0 Å². The molecule has 1 saturated heterocycles. The monoisotopic (exact) mass is 374 g/mol. The van der Waals surface area contributed by atoms with Crippen molar-refractivity contribution in [1.29, 1.82) is 0 Å². The van der Waals surface area contributed by atoms with Gasteiger partial charge in [-0.15, -0.1) is 11.8 Å². The van der Waals surface area contributed by atoms with E-state index < -0.39 is 0 Å². The Morgan fingerprint density at radius 3 is 2.88 bits per heavy atom. The Balaban J connectivity index is 1.54. The smallest absolute Gasteiger partial charge is 0.323 e. The molecule has 0 bridgehead atoms. The second kappa shape index (κ2) is 7.61. The summed E-state index contributed by atoms with van der Waals surface area (Å²) >= 11 is 1.80. The molecule has 0 N–H and O–H groups in total. The van der Waals surface area contributed by atoms with Crippen LogP contribution in [0, 0.1) is 5.92 Å². The highest BCUT2D eigenvalue weighted by atomic mass is 32.2. The van der Waals surface area contributed by atoms with Crippen molar-refractivity contribution in [1.82, 2.24) is 4.90 Å². The van der Waals surface area contributed by atoms with Crippen molar-refractivity contribution in [3.63, 3.8) is 0 Å². The number of thioether (sulfide) groups is 1. The summed E-state index contributed by atoms with van der Waals surface area (Å²) in [5, 5.41) is 0. The molecular weight excluding hydrogens is 348 g/mol. The third kappa shape index (κ3) is 3.25. The van der Waals surface area contributed by atoms with Crippen molar-refractivity contribution in [3.05, 3.63) is 24.3 Å². The average Bonchev–Trinajstić information content (AvgIpc) is 3.05. The summed E-state index contributed by atoms with van der Waals surface area (Å²) in [5.74, 6) is 1.33. The Labute approximate surface area is 159 Å². The number of ether oxygens (including phenoxy) is 1. The topological polar surface area (TPSA) is 49.9 Å². The zero-order valence-corrected chi connectivity index (χ0v) is 16.0. The second-order valence-electron chi connectivity index (χ2n) is 7.42. The number of para-hydroxylation sites is 1. The van der Waals surface area contributed by atoms with Crippen LogP contribution in [0.15, 0.2) is 29.2 Å². The van der Waals surface area contributed by atoms with Crippen molar-refractivity contribution >= 4 is 29.3 Å². The van der Waals surface area contributed by atoms with Crippen molar-refractivity contribution < 1.29 is 14.3 Å². The number of rotatable bonds is 3. The second-order valence-corrected chi connectivity index (χ2v) is 8.56. The number of likely N-dealkylation sites (tertiary alicyclic amines) is 1. The Morgan fingerprint density at radius 2 is 2.04 bits per heavy atom. The molecule has 140 valence electrons. The van der Waals surface area contributed by atoms with Gasteiger partial charge in [0.1, 0.15) is 6.04 Å². The van der Waals surface area contributed by atoms with Gasteiger partial charge in [-0.1, -0.05) is 25.0 Å². The number of esters is 1. The number of hydrogen-bond acceptors (Lipinski definition) is 5. The van der Waals surface area contributed by atoms with Gasteiger partial charge in [0.25, 0.3) is 0 Å². The fourth-order valence-corrected chi connectivity index (χ4v) is 5.81. The molecule has 1 aromatic rings. The normalized spacial score (nSPS) is 28.3. The molecule has 1 amide bonds. The molecule has 3 atom stereocenters. The summed E-state index contributed by atoms with van der Waals surface area (Å²) in [5.41, 5.74) is 1.00. The van der Waals surface area contributed by atoms with E-state index in [1.165, 1.54) is 20.0 Å². The predicted octanol–water partition coefficient (Wildman–Crippen LogP) is 2.93. The maximum Gasteiger partial charge on any atom is 0.323 e. The van der Waals surface area contributed by atoms with Crippen LogP contribution in [0.1, 0.15) is 32.1 Å². The first-order valence-corrected chi connectivity index (χ1v) is 10.5. The third-order valence-electron chi connectivity index (χ3n) is 6.04. The van der Waals surface area contributed by atoms with E-state index in [2.05, 4.69) is 11.0 Å². The highest BCUT2D eigenvalue weighted by molar-refractivity contribution is 7.99. The van der Waals surface area contributed by atoms with Gasteiger partial charge in [0.2, 0.25) is 5.91 Å². The number of carbonyl (C=O) groups is 2. The first kappa shape index (κ1) is 17.9. The van der Waals surface area contributed by atoms with Gasteiger partial charge in [-0.2, -0.15) is 0 Å². The zero-order chi connectivity index (χ0) is 18.1. The minimum atomic E-state index is -0.272. The molecule has 4 rings (SSSR count). The van der Waals surface area contributed by atoms with E-state index in [4.69, 9.17) is 4.74 Å². The number of anilines is 1. The molecule has 5 nitrogen and oxygen atoms in total. The van der Waals surface area contributed by atoms with E-state index in [-0.39, 0.29) is 17.9 Å². The number of methoxy groups -OCH3 is 1. The zero-order valence-electron chi connectivity index (χ0n) is 15.2. The molecule has 1 saturated carbocycles. The lowest BCUT2D eigenvalue weighted by molar-refractivity contribution is -0.146. The van der Waals surface area contributed by atoms with Crippen LogP contribution in [-0.2, 0) is 14.3 Å². The SMILES string of the molecule is COC(=O)C1CC2CCCCC2N1CC(=O)N1CCSc2ccccc21. The summed E-state index contributed by atoms with van der Waals surface area (Å²) in [6, 6.07) is 8.15. The van der Waals surface area contributed by atoms with Crippen LogP contribution in [-0.4, -0.2) is 54.8 Å². The van der Waals surface area contributed by atoms with Gasteiger partial charge >= 0.3 is 5.97 Å². The van der Waals surface area contributed by atoms with Crippen LogP contribution in [0.4, 0.5) is 5.69 Å². The van der Waals surface area contributed by atoms with Gasteiger partial charge in [0, 0.05) is 23.2 Å². The number of fused-ring (bicyclic) bond motifs is 2. The van der Waals surface area contributed by atoms with Crippen LogP contribution < -0.4 is 4.90 Å². The van der Waals surface area contributed by atoms with Crippen molar-refractivity contribution in [2.75, 3.05) is 30.9 Å². The fourth-order valence-electron chi connectivity index (χ4n) is 4.82. The van der Waals surface area contributed by atoms with Gasteiger partial charge in [0.05, 0.1) is 19.3 Å². The molecule has 2 heterocycles. The molecular formula is C20H26N2O3S. The standard InChI is InChI=1S/C20H26N2O3S/c1-25-20(24)17-12-14-6-2-3-7-15(14)22(17)13-19(23)21-10-11-26-18-9-5-4-8-16(18)21/h4-5,8-9,14-15,17H,2-3,6-7,10-13H2,1H3. The molecule has 2 fully saturated rings. The highest BCUT2D eigenvalue weighted by Gasteiger charge is 2.46. The molecule has 1 aromatic carbocycles. The summed E-state index contributed by atoms with van der Waals surface area (Å²) in [6.07, 6.45) is 5.48.